The molecule has 0 aliphatic rings. The Morgan fingerprint density at radius 3 is 2.21 bits per heavy atom. The fourth-order valence-corrected chi connectivity index (χ4v) is 5.39. The lowest BCUT2D eigenvalue weighted by Crippen LogP contribution is -2.53. The van der Waals surface area contributed by atoms with Gasteiger partial charge in [-0.05, 0) is 36.6 Å². The topological polar surface area (TPSA) is 86.8 Å². The number of aryl methyl sites for hydroxylation is 1. The largest absolute Gasteiger partial charge is 0.354 e. The zero-order valence-electron chi connectivity index (χ0n) is 22.2. The summed E-state index contributed by atoms with van der Waals surface area (Å²) in [5.74, 6) is -0.863. The summed E-state index contributed by atoms with van der Waals surface area (Å²) < 4.78 is 26.6. The summed E-state index contributed by atoms with van der Waals surface area (Å²) in [5, 5.41) is 3.09. The fourth-order valence-electron chi connectivity index (χ4n) is 4.09. The predicted molar refractivity (Wildman–Crippen MR) is 158 cm³/mol. The van der Waals surface area contributed by atoms with Crippen LogP contribution < -0.4 is 9.62 Å². The van der Waals surface area contributed by atoms with E-state index in [-0.39, 0.29) is 34.6 Å². The first-order valence-corrected chi connectivity index (χ1v) is 15.2. The van der Waals surface area contributed by atoms with E-state index in [9.17, 15) is 18.0 Å². The Labute approximate surface area is 240 Å². The molecule has 0 aromatic heterocycles. The van der Waals surface area contributed by atoms with Gasteiger partial charge in [-0.15, -0.1) is 0 Å². The number of benzene rings is 3. The van der Waals surface area contributed by atoms with Crippen molar-refractivity contribution in [3.63, 3.8) is 0 Å². The minimum absolute atomic E-state index is 0.0176. The van der Waals surface area contributed by atoms with Crippen molar-refractivity contribution in [2.75, 3.05) is 23.7 Å². The minimum atomic E-state index is -3.94. The third-order valence-corrected chi connectivity index (χ3v) is 8.11. The van der Waals surface area contributed by atoms with Crippen molar-refractivity contribution in [2.45, 2.75) is 39.3 Å². The molecular formula is C29H33Cl2N3O4S. The van der Waals surface area contributed by atoms with Gasteiger partial charge >= 0.3 is 0 Å². The van der Waals surface area contributed by atoms with Gasteiger partial charge in [0.25, 0.3) is 0 Å². The molecule has 7 nitrogen and oxygen atoms in total. The standard InChI is InChI=1S/C29H33Cl2N3O4S/c1-4-17-32-29(36)26(18-22-9-6-5-7-10-22)33(19-23-15-13-21(2)14-16-23)27(35)20-34(39(3,37)38)25-12-8-11-24(30)28(25)31/h5-16,26H,4,17-20H2,1-3H3,(H,32,36)/t26-/m0/s1. The smallest absolute Gasteiger partial charge is 0.244 e. The Hall–Kier alpha value is -3.07. The molecule has 10 heteroatoms. The number of hydrogen-bond donors (Lipinski definition) is 1. The van der Waals surface area contributed by atoms with Gasteiger partial charge in [-0.25, -0.2) is 8.42 Å². The Bertz CT molecular complexity index is 1380. The molecule has 0 saturated carbocycles. The third kappa shape index (κ3) is 8.46. The summed E-state index contributed by atoms with van der Waals surface area (Å²) in [4.78, 5) is 28.9. The monoisotopic (exact) mass is 589 g/mol. The van der Waals surface area contributed by atoms with Crippen molar-refractivity contribution >= 4 is 50.7 Å². The summed E-state index contributed by atoms with van der Waals surface area (Å²) in [6, 6.07) is 20.7. The van der Waals surface area contributed by atoms with Crippen LogP contribution in [0.5, 0.6) is 0 Å². The van der Waals surface area contributed by atoms with Gasteiger partial charge in [0.1, 0.15) is 12.6 Å². The molecule has 0 unspecified atom stereocenters. The summed E-state index contributed by atoms with van der Waals surface area (Å²) in [5.41, 5.74) is 2.82. The zero-order chi connectivity index (χ0) is 28.6. The first-order chi connectivity index (χ1) is 18.5. The molecule has 0 radical (unpaired) electrons. The van der Waals surface area contributed by atoms with Crippen LogP contribution in [0, 0.1) is 6.92 Å². The molecule has 3 aromatic carbocycles. The number of nitrogens with zero attached hydrogens (tertiary/aromatic N) is 2. The van der Waals surface area contributed by atoms with Gasteiger partial charge in [-0.1, -0.05) is 96.4 Å². The molecule has 0 aliphatic carbocycles. The van der Waals surface area contributed by atoms with Gasteiger partial charge < -0.3 is 10.2 Å². The maximum absolute atomic E-state index is 14.0. The van der Waals surface area contributed by atoms with E-state index in [0.29, 0.717) is 6.54 Å². The van der Waals surface area contributed by atoms with Crippen LogP contribution in [0.25, 0.3) is 0 Å². The van der Waals surface area contributed by atoms with Gasteiger partial charge in [0.05, 0.1) is 22.0 Å². The second kappa shape index (κ2) is 13.8. The molecule has 0 spiro atoms. The average molecular weight is 591 g/mol. The highest BCUT2D eigenvalue weighted by atomic mass is 35.5. The Kier molecular flexibility index (Phi) is 10.8. The van der Waals surface area contributed by atoms with Gasteiger partial charge in [-0.3, -0.25) is 13.9 Å². The molecule has 0 aliphatic heterocycles. The lowest BCUT2D eigenvalue weighted by atomic mass is 10.0. The van der Waals surface area contributed by atoms with Gasteiger partial charge in [-0.2, -0.15) is 0 Å². The number of carbonyl (C=O) groups excluding carboxylic acids is 2. The summed E-state index contributed by atoms with van der Waals surface area (Å²) >= 11 is 12.5. The maximum Gasteiger partial charge on any atom is 0.244 e. The van der Waals surface area contributed by atoms with Crippen molar-refractivity contribution in [3.05, 3.63) is 99.5 Å². The lowest BCUT2D eigenvalue weighted by molar-refractivity contribution is -0.140. The molecular weight excluding hydrogens is 557 g/mol. The highest BCUT2D eigenvalue weighted by molar-refractivity contribution is 7.92. The molecule has 1 atom stereocenters. The molecule has 0 bridgehead atoms. The average Bonchev–Trinajstić information content (AvgIpc) is 2.90. The number of rotatable bonds is 12. The maximum atomic E-state index is 14.0. The van der Waals surface area contributed by atoms with Crippen LogP contribution in [-0.4, -0.2) is 50.5 Å². The summed E-state index contributed by atoms with van der Waals surface area (Å²) in [7, 11) is -3.94. The van der Waals surface area contributed by atoms with Crippen molar-refractivity contribution in [2.24, 2.45) is 0 Å². The summed E-state index contributed by atoms with van der Waals surface area (Å²) in [6.45, 7) is 3.90. The van der Waals surface area contributed by atoms with E-state index in [1.165, 1.54) is 17.0 Å². The van der Waals surface area contributed by atoms with Crippen LogP contribution in [0.4, 0.5) is 5.69 Å². The summed E-state index contributed by atoms with van der Waals surface area (Å²) in [6.07, 6.45) is 1.98. The Morgan fingerprint density at radius 2 is 1.59 bits per heavy atom. The van der Waals surface area contributed by atoms with Gasteiger partial charge in [0.15, 0.2) is 0 Å². The minimum Gasteiger partial charge on any atom is -0.354 e. The van der Waals surface area contributed by atoms with Gasteiger partial charge in [0.2, 0.25) is 21.8 Å². The highest BCUT2D eigenvalue weighted by Crippen LogP contribution is 2.33. The normalized spacial score (nSPS) is 12.0. The van der Waals surface area contributed by atoms with E-state index >= 15 is 0 Å². The lowest BCUT2D eigenvalue weighted by Gasteiger charge is -2.33. The van der Waals surface area contributed by atoms with Crippen LogP contribution in [0.15, 0.2) is 72.8 Å². The quantitative estimate of drug-likeness (QED) is 0.313. The van der Waals surface area contributed by atoms with Crippen LogP contribution in [0.3, 0.4) is 0 Å². The number of hydrogen-bond acceptors (Lipinski definition) is 4. The van der Waals surface area contributed by atoms with E-state index in [4.69, 9.17) is 23.2 Å². The Morgan fingerprint density at radius 1 is 0.923 bits per heavy atom. The number of halogens is 2. The fraction of sp³-hybridized carbons (Fsp3) is 0.310. The van der Waals surface area contributed by atoms with Gasteiger partial charge in [0, 0.05) is 19.5 Å². The molecule has 39 heavy (non-hydrogen) atoms. The molecule has 0 saturated heterocycles. The van der Waals surface area contributed by atoms with Crippen molar-refractivity contribution in [3.8, 4) is 0 Å². The van der Waals surface area contributed by atoms with E-state index < -0.39 is 28.5 Å². The Balaban J connectivity index is 2.06. The first kappa shape index (κ1) is 30.5. The highest BCUT2D eigenvalue weighted by Gasteiger charge is 2.33. The molecule has 3 aromatic rings. The van der Waals surface area contributed by atoms with Crippen LogP contribution in [0.2, 0.25) is 10.0 Å². The van der Waals surface area contributed by atoms with E-state index in [0.717, 1.165) is 33.7 Å². The molecule has 1 N–H and O–H groups in total. The third-order valence-electron chi connectivity index (χ3n) is 6.17. The second-order valence-corrected chi connectivity index (χ2v) is 12.0. The van der Waals surface area contributed by atoms with Crippen LogP contribution in [-0.2, 0) is 32.6 Å². The van der Waals surface area contributed by atoms with E-state index in [2.05, 4.69) is 5.32 Å². The number of anilines is 1. The van der Waals surface area contributed by atoms with Crippen molar-refractivity contribution in [1.29, 1.82) is 0 Å². The molecule has 3 rings (SSSR count). The predicted octanol–water partition coefficient (Wildman–Crippen LogP) is 5.23. The first-order valence-electron chi connectivity index (χ1n) is 12.6. The molecule has 2 amide bonds. The number of carbonyl (C=O) groups is 2. The van der Waals surface area contributed by atoms with E-state index in [1.54, 1.807) is 6.07 Å². The van der Waals surface area contributed by atoms with E-state index in [1.807, 2.05) is 68.4 Å². The number of amides is 2. The van der Waals surface area contributed by atoms with Crippen molar-refractivity contribution < 1.29 is 18.0 Å². The molecule has 0 fully saturated rings. The second-order valence-electron chi connectivity index (χ2n) is 9.35. The van der Waals surface area contributed by atoms with Crippen LogP contribution in [0.1, 0.15) is 30.0 Å². The number of nitrogens with one attached hydrogen (secondary N) is 1. The molecule has 208 valence electrons. The SMILES string of the molecule is CCCNC(=O)[C@H](Cc1ccccc1)N(Cc1ccc(C)cc1)C(=O)CN(c1cccc(Cl)c1Cl)S(C)(=O)=O. The van der Waals surface area contributed by atoms with Crippen LogP contribution >= 0.6 is 23.2 Å². The number of sulfonamides is 1. The molecule has 0 heterocycles. The van der Waals surface area contributed by atoms with Crippen molar-refractivity contribution in [1.82, 2.24) is 10.2 Å². The zero-order valence-corrected chi connectivity index (χ0v) is 24.6.